The summed E-state index contributed by atoms with van der Waals surface area (Å²) in [5, 5.41) is 9.19. The highest BCUT2D eigenvalue weighted by Gasteiger charge is 2.22. The molecule has 2 heterocycles. The van der Waals surface area contributed by atoms with Gasteiger partial charge in [-0.25, -0.2) is 0 Å². The van der Waals surface area contributed by atoms with Crippen molar-refractivity contribution in [1.29, 1.82) is 0 Å². The van der Waals surface area contributed by atoms with E-state index in [-0.39, 0.29) is 15.9 Å². The Labute approximate surface area is 86.0 Å². The highest BCUT2D eigenvalue weighted by Crippen LogP contribution is 2.44. The van der Waals surface area contributed by atoms with Gasteiger partial charge in [0.2, 0.25) is 0 Å². The van der Waals surface area contributed by atoms with Crippen LogP contribution in [0.1, 0.15) is 0 Å². The van der Waals surface area contributed by atoms with Crippen LogP contribution in [-0.2, 0) is 0 Å². The van der Waals surface area contributed by atoms with Crippen molar-refractivity contribution in [3.8, 4) is 0 Å². The van der Waals surface area contributed by atoms with E-state index in [0.29, 0.717) is 0 Å². The Kier molecular flexibility index (Phi) is 2.81. The van der Waals surface area contributed by atoms with Gasteiger partial charge in [0.1, 0.15) is 0 Å². The zero-order chi connectivity index (χ0) is 8.55. The number of aliphatic hydroxyl groups excluding tert-OH is 1. The summed E-state index contributed by atoms with van der Waals surface area (Å²) in [6, 6.07) is 0. The molecule has 0 saturated carbocycles. The van der Waals surface area contributed by atoms with Crippen LogP contribution in [0.3, 0.4) is 0 Å². The van der Waals surface area contributed by atoms with Crippen LogP contribution in [0.4, 0.5) is 0 Å². The van der Waals surface area contributed by atoms with Gasteiger partial charge in [0.25, 0.3) is 4.06 Å². The highest BCUT2D eigenvalue weighted by molar-refractivity contribution is 8.08. The van der Waals surface area contributed by atoms with E-state index < -0.39 is 0 Å². The van der Waals surface area contributed by atoms with Crippen molar-refractivity contribution in [2.45, 2.75) is 13.7 Å². The van der Waals surface area contributed by atoms with Crippen LogP contribution in [0.2, 0.25) is 0 Å². The van der Waals surface area contributed by atoms with Gasteiger partial charge in [0, 0.05) is 11.0 Å². The highest BCUT2D eigenvalue weighted by atomic mass is 32.2. The normalized spacial score (nSPS) is 22.2. The smallest absolute Gasteiger partial charge is 0.289 e. The lowest BCUT2D eigenvalue weighted by Gasteiger charge is -2.17. The third-order valence-corrected chi connectivity index (χ3v) is 6.98. The zero-order valence-corrected chi connectivity index (χ0v) is 9.25. The number of aliphatic hydroxyl groups is 1. The lowest BCUT2D eigenvalue weighted by Crippen LogP contribution is -2.13. The van der Waals surface area contributed by atoms with Gasteiger partial charge in [-0.1, -0.05) is 22.7 Å². The number of fused-ring (bicyclic) bond motifs is 1. The minimum atomic E-state index is 0.165. The maximum atomic E-state index is 11.0. The minimum absolute atomic E-state index is 0.165. The largest absolute Gasteiger partial charge is 0.395 e. The molecule has 1 N–H and O–H groups in total. The lowest BCUT2D eigenvalue weighted by molar-refractivity contribution is 0.301. The molecule has 1 aliphatic heterocycles. The van der Waals surface area contributed by atoms with Gasteiger partial charge in [-0.05, 0) is 0 Å². The fraction of sp³-hybridized carbons (Fsp3) is 0.500. The summed E-state index contributed by atoms with van der Waals surface area (Å²) in [4.78, 5) is 11.0. The van der Waals surface area contributed by atoms with Gasteiger partial charge in [-0.15, -0.1) is 23.5 Å². The summed E-state index contributed by atoms with van der Waals surface area (Å²) in [5.41, 5.74) is 0. The van der Waals surface area contributed by atoms with Crippen molar-refractivity contribution in [2.75, 3.05) is 12.4 Å². The summed E-state index contributed by atoms with van der Waals surface area (Å²) in [6.45, 7) is 0.202. The van der Waals surface area contributed by atoms with Crippen LogP contribution in [0.5, 0.6) is 0 Å². The molecule has 2 rings (SSSR count). The summed E-state index contributed by atoms with van der Waals surface area (Å²) >= 11 is 5.96. The molecule has 66 valence electrons. The number of hydrogen-bond acceptors (Lipinski definition) is 6. The lowest BCUT2D eigenvalue weighted by atomic mass is 10.5. The summed E-state index contributed by atoms with van der Waals surface area (Å²) < 4.78 is 2.40. The molecule has 1 atom stereocenters. The standard InChI is InChI=1S/C6H6O2S4/c7-1-3-2-9-4-5(10-3)12-6(8)11-4/h3,7H,1-2H2. The van der Waals surface area contributed by atoms with Crippen LogP contribution in [0, 0.1) is 0 Å². The van der Waals surface area contributed by atoms with E-state index in [9.17, 15) is 4.79 Å². The molecule has 12 heavy (non-hydrogen) atoms. The average molecular weight is 238 g/mol. The Morgan fingerprint density at radius 1 is 1.42 bits per heavy atom. The van der Waals surface area contributed by atoms with E-state index in [1.807, 2.05) is 0 Å². The second kappa shape index (κ2) is 3.71. The SMILES string of the molecule is O=c1sc2c(s1)SC(CO)CS2. The van der Waals surface area contributed by atoms with Crippen molar-refractivity contribution in [3.05, 3.63) is 8.85 Å². The molecule has 0 bridgehead atoms. The zero-order valence-electron chi connectivity index (χ0n) is 5.98. The first-order valence-electron chi connectivity index (χ1n) is 3.34. The first-order valence-corrected chi connectivity index (χ1v) is 6.83. The quantitative estimate of drug-likeness (QED) is 0.808. The number of thioether (sulfide) groups is 2. The first-order chi connectivity index (χ1) is 5.79. The van der Waals surface area contributed by atoms with Gasteiger partial charge in [0.15, 0.2) is 0 Å². The predicted molar refractivity (Wildman–Crippen MR) is 55.9 cm³/mol. The number of hydrogen-bond donors (Lipinski definition) is 1. The van der Waals surface area contributed by atoms with E-state index >= 15 is 0 Å². The molecule has 0 aliphatic carbocycles. The van der Waals surface area contributed by atoms with Crippen LogP contribution >= 0.6 is 46.2 Å². The third kappa shape index (κ3) is 1.72. The molecule has 1 aromatic rings. The molecule has 0 amide bonds. The molecule has 2 nitrogen and oxygen atoms in total. The van der Waals surface area contributed by atoms with Crippen molar-refractivity contribution in [3.63, 3.8) is 0 Å². The maximum absolute atomic E-state index is 11.0. The maximum Gasteiger partial charge on any atom is 0.289 e. The second-order valence-electron chi connectivity index (χ2n) is 2.26. The fourth-order valence-corrected chi connectivity index (χ4v) is 6.46. The minimum Gasteiger partial charge on any atom is -0.395 e. The van der Waals surface area contributed by atoms with Gasteiger partial charge in [-0.3, -0.25) is 4.79 Å². The van der Waals surface area contributed by atoms with E-state index in [0.717, 1.165) is 14.2 Å². The van der Waals surface area contributed by atoms with Crippen molar-refractivity contribution in [2.24, 2.45) is 0 Å². The summed E-state index contributed by atoms with van der Waals surface area (Å²) in [7, 11) is 0. The van der Waals surface area contributed by atoms with Crippen molar-refractivity contribution >= 4 is 46.2 Å². The predicted octanol–water partition coefficient (Wildman–Crippen LogP) is 1.73. The van der Waals surface area contributed by atoms with Crippen LogP contribution in [-0.4, -0.2) is 22.7 Å². The number of rotatable bonds is 1. The molecule has 0 radical (unpaired) electrons. The molecule has 1 unspecified atom stereocenters. The van der Waals surface area contributed by atoms with E-state index in [1.54, 1.807) is 23.5 Å². The molecule has 1 aromatic heterocycles. The molecule has 6 heteroatoms. The Hall–Kier alpha value is 0.510. The van der Waals surface area contributed by atoms with Crippen molar-refractivity contribution in [1.82, 2.24) is 0 Å². The van der Waals surface area contributed by atoms with E-state index in [4.69, 9.17) is 5.11 Å². The Morgan fingerprint density at radius 3 is 2.92 bits per heavy atom. The van der Waals surface area contributed by atoms with E-state index in [1.165, 1.54) is 22.7 Å². The summed E-state index contributed by atoms with van der Waals surface area (Å²) in [6.07, 6.45) is 0. The van der Waals surface area contributed by atoms with Crippen LogP contribution < -0.4 is 4.06 Å². The van der Waals surface area contributed by atoms with Gasteiger partial charge >= 0.3 is 0 Å². The average Bonchev–Trinajstić information content (AvgIpc) is 2.43. The molecular weight excluding hydrogens is 232 g/mol. The molecule has 0 fully saturated rings. The molecule has 0 aromatic carbocycles. The first kappa shape index (κ1) is 9.08. The molecule has 0 saturated heterocycles. The van der Waals surface area contributed by atoms with Gasteiger partial charge in [0.05, 0.1) is 15.0 Å². The molecule has 1 aliphatic rings. The van der Waals surface area contributed by atoms with Gasteiger partial charge < -0.3 is 5.11 Å². The molecular formula is C6H6O2S4. The third-order valence-electron chi connectivity index (χ3n) is 1.40. The monoisotopic (exact) mass is 238 g/mol. The van der Waals surface area contributed by atoms with Crippen molar-refractivity contribution < 1.29 is 5.11 Å². The Bertz CT molecular complexity index is 329. The van der Waals surface area contributed by atoms with Gasteiger partial charge in [-0.2, -0.15) is 0 Å². The Morgan fingerprint density at radius 2 is 2.17 bits per heavy atom. The Balaban J connectivity index is 2.28. The van der Waals surface area contributed by atoms with Crippen LogP contribution in [0.25, 0.3) is 0 Å². The van der Waals surface area contributed by atoms with Crippen LogP contribution in [0.15, 0.2) is 13.2 Å². The van der Waals surface area contributed by atoms with E-state index in [2.05, 4.69) is 0 Å². The topological polar surface area (TPSA) is 37.3 Å². The second-order valence-corrected chi connectivity index (χ2v) is 7.34. The fourth-order valence-electron chi connectivity index (χ4n) is 0.860. The summed E-state index contributed by atoms with van der Waals surface area (Å²) in [5.74, 6) is 0.918. The molecule has 0 spiro atoms.